The lowest BCUT2D eigenvalue weighted by atomic mass is 10.1. The summed E-state index contributed by atoms with van der Waals surface area (Å²) in [6.07, 6.45) is -0.690. The van der Waals surface area contributed by atoms with Crippen molar-refractivity contribution in [3.63, 3.8) is 0 Å². The number of amides is 2. The lowest BCUT2D eigenvalue weighted by Crippen LogP contribution is -2.36. The van der Waals surface area contributed by atoms with Gasteiger partial charge in [-0.25, -0.2) is 4.98 Å². The molecule has 10 heteroatoms. The summed E-state index contributed by atoms with van der Waals surface area (Å²) in [5.41, 5.74) is 0.980. The zero-order valence-electron chi connectivity index (χ0n) is 18.3. The summed E-state index contributed by atoms with van der Waals surface area (Å²) >= 11 is 2.58. The van der Waals surface area contributed by atoms with E-state index in [2.05, 4.69) is 10.3 Å². The number of thiazole rings is 1. The molecule has 1 aromatic carbocycles. The van der Waals surface area contributed by atoms with E-state index in [1.807, 2.05) is 30.4 Å². The number of benzene rings is 1. The van der Waals surface area contributed by atoms with Gasteiger partial charge < -0.3 is 15.0 Å². The molecule has 1 aliphatic rings. The van der Waals surface area contributed by atoms with E-state index in [1.54, 1.807) is 35.7 Å². The summed E-state index contributed by atoms with van der Waals surface area (Å²) < 4.78 is 5.82. The molecular formula is C23H24N4O4S2. The van der Waals surface area contributed by atoms with Crippen LogP contribution in [-0.4, -0.2) is 61.2 Å². The highest BCUT2D eigenvalue weighted by molar-refractivity contribution is 7.14. The second kappa shape index (κ2) is 10.2. The molecule has 0 bridgehead atoms. The number of para-hydroxylation sites is 1. The van der Waals surface area contributed by atoms with E-state index in [1.165, 1.54) is 27.6 Å². The molecule has 1 unspecified atom stereocenters. The van der Waals surface area contributed by atoms with Crippen molar-refractivity contribution in [3.8, 4) is 5.75 Å². The predicted octanol–water partition coefficient (Wildman–Crippen LogP) is 3.24. The van der Waals surface area contributed by atoms with Crippen molar-refractivity contribution in [2.24, 2.45) is 0 Å². The molecular weight excluding hydrogens is 460 g/mol. The third-order valence-corrected chi connectivity index (χ3v) is 6.81. The zero-order chi connectivity index (χ0) is 23.4. The fourth-order valence-electron chi connectivity index (χ4n) is 3.35. The minimum atomic E-state index is -0.833. The van der Waals surface area contributed by atoms with Crippen molar-refractivity contribution in [1.29, 1.82) is 0 Å². The van der Waals surface area contributed by atoms with Gasteiger partial charge in [-0.15, -0.1) is 22.7 Å². The molecule has 33 heavy (non-hydrogen) atoms. The van der Waals surface area contributed by atoms with Crippen LogP contribution >= 0.6 is 22.7 Å². The number of Topliss-reactive ketones (excluding diaryl/α,β-unsaturated/α-hetero) is 1. The Bertz CT molecular complexity index is 1140. The number of hydrogen-bond acceptors (Lipinski definition) is 8. The van der Waals surface area contributed by atoms with E-state index >= 15 is 0 Å². The van der Waals surface area contributed by atoms with E-state index in [0.717, 1.165) is 6.54 Å². The van der Waals surface area contributed by atoms with Gasteiger partial charge >= 0.3 is 0 Å². The Morgan fingerprint density at radius 2 is 1.94 bits per heavy atom. The number of anilines is 1. The van der Waals surface area contributed by atoms with Crippen LogP contribution in [0.3, 0.4) is 0 Å². The number of thiophene rings is 1. The van der Waals surface area contributed by atoms with Crippen LogP contribution in [0.4, 0.5) is 5.13 Å². The van der Waals surface area contributed by atoms with E-state index in [4.69, 9.17) is 4.74 Å². The quantitative estimate of drug-likeness (QED) is 0.501. The number of rotatable bonds is 9. The second-order valence-electron chi connectivity index (χ2n) is 7.75. The van der Waals surface area contributed by atoms with E-state index < -0.39 is 6.10 Å². The molecule has 0 saturated heterocycles. The monoisotopic (exact) mass is 484 g/mol. The number of hydrogen-bond donors (Lipinski definition) is 1. The minimum absolute atomic E-state index is 0.137. The number of likely N-dealkylation sites (N-methyl/N-ethyl adjacent to an activating group) is 1. The molecule has 0 fully saturated rings. The number of nitrogens with one attached hydrogen (secondary N) is 1. The van der Waals surface area contributed by atoms with Gasteiger partial charge in [-0.2, -0.15) is 0 Å². The average molecular weight is 485 g/mol. The molecule has 172 valence electrons. The summed E-state index contributed by atoms with van der Waals surface area (Å²) in [4.78, 5) is 46.8. The standard InChI is InChI=1S/C23H24N4O4S2/c1-26(2)12-10-24-19(28)9-11-27(22(30)18-8-5-13-32-18)23-25-16(14-33-23)21-20(29)15-6-3-4-7-17(15)31-21/h3-8,13-14,21H,9-12H2,1-2H3,(H,24,28). The van der Waals surface area contributed by atoms with Gasteiger partial charge in [0, 0.05) is 31.4 Å². The van der Waals surface area contributed by atoms with E-state index in [-0.39, 0.29) is 30.6 Å². The lowest BCUT2D eigenvalue weighted by molar-refractivity contribution is -0.120. The van der Waals surface area contributed by atoms with Crippen molar-refractivity contribution < 1.29 is 19.1 Å². The summed E-state index contributed by atoms with van der Waals surface area (Å²) in [5, 5.41) is 6.85. The van der Waals surface area contributed by atoms with Crippen LogP contribution in [0, 0.1) is 0 Å². The molecule has 0 spiro atoms. The van der Waals surface area contributed by atoms with Gasteiger partial charge in [-0.3, -0.25) is 19.3 Å². The third-order valence-electron chi connectivity index (χ3n) is 5.07. The first-order valence-electron chi connectivity index (χ1n) is 10.5. The Labute approximate surface area is 199 Å². The number of nitrogens with zero attached hydrogens (tertiary/aromatic N) is 3. The Hall–Kier alpha value is -3.08. The van der Waals surface area contributed by atoms with Crippen LogP contribution in [0.15, 0.2) is 47.2 Å². The first-order chi connectivity index (χ1) is 15.9. The highest BCUT2D eigenvalue weighted by Gasteiger charge is 2.35. The fourth-order valence-corrected chi connectivity index (χ4v) is 4.88. The topological polar surface area (TPSA) is 91.8 Å². The number of ether oxygens (including phenoxy) is 1. The van der Waals surface area contributed by atoms with E-state index in [9.17, 15) is 14.4 Å². The van der Waals surface area contributed by atoms with Crippen molar-refractivity contribution in [2.75, 3.05) is 38.6 Å². The molecule has 1 atom stereocenters. The molecule has 1 N–H and O–H groups in total. The zero-order valence-corrected chi connectivity index (χ0v) is 19.9. The molecule has 2 amide bonds. The molecule has 0 aliphatic carbocycles. The molecule has 8 nitrogen and oxygen atoms in total. The molecule has 1 aliphatic heterocycles. The lowest BCUT2D eigenvalue weighted by Gasteiger charge is -2.19. The maximum absolute atomic E-state index is 13.2. The summed E-state index contributed by atoms with van der Waals surface area (Å²) in [6.45, 7) is 1.45. The SMILES string of the molecule is CN(C)CCNC(=O)CCN(C(=O)c1cccs1)c1nc(C2Oc3ccccc3C2=O)cs1. The maximum Gasteiger partial charge on any atom is 0.270 e. The maximum atomic E-state index is 13.2. The number of aromatic nitrogens is 1. The third kappa shape index (κ3) is 5.29. The van der Waals surface area contributed by atoms with Crippen LogP contribution in [0.2, 0.25) is 0 Å². The second-order valence-corrected chi connectivity index (χ2v) is 9.53. The predicted molar refractivity (Wildman–Crippen MR) is 128 cm³/mol. The smallest absolute Gasteiger partial charge is 0.270 e. The number of fused-ring (bicyclic) bond motifs is 1. The van der Waals surface area contributed by atoms with E-state index in [0.29, 0.717) is 33.6 Å². The van der Waals surface area contributed by atoms with Gasteiger partial charge in [0.25, 0.3) is 5.91 Å². The molecule has 2 aromatic heterocycles. The Balaban J connectivity index is 1.49. The van der Waals surface area contributed by atoms with Crippen molar-refractivity contribution in [2.45, 2.75) is 12.5 Å². The van der Waals surface area contributed by atoms with Crippen LogP contribution in [-0.2, 0) is 4.79 Å². The van der Waals surface area contributed by atoms with Crippen LogP contribution < -0.4 is 15.0 Å². The number of carbonyl (C=O) groups is 3. The van der Waals surface area contributed by atoms with Gasteiger partial charge in [0.1, 0.15) is 11.4 Å². The molecule has 3 heterocycles. The normalized spacial score (nSPS) is 14.8. The summed E-state index contributed by atoms with van der Waals surface area (Å²) in [7, 11) is 3.87. The molecule has 3 aromatic rings. The number of ketones is 1. The van der Waals surface area contributed by atoms with Crippen molar-refractivity contribution in [1.82, 2.24) is 15.2 Å². The first-order valence-corrected chi connectivity index (χ1v) is 12.2. The van der Waals surface area contributed by atoms with Gasteiger partial charge in [-0.05, 0) is 37.7 Å². The van der Waals surface area contributed by atoms with Gasteiger partial charge in [0.2, 0.25) is 17.8 Å². The highest BCUT2D eigenvalue weighted by atomic mass is 32.1. The molecule has 0 saturated carbocycles. The Kier molecular flexibility index (Phi) is 7.17. The van der Waals surface area contributed by atoms with Crippen molar-refractivity contribution >= 4 is 45.4 Å². The molecule has 4 rings (SSSR count). The van der Waals surface area contributed by atoms with Gasteiger partial charge in [0.15, 0.2) is 5.13 Å². The first kappa shape index (κ1) is 23.1. The van der Waals surface area contributed by atoms with Gasteiger partial charge in [0.05, 0.1) is 10.4 Å². The van der Waals surface area contributed by atoms with Crippen LogP contribution in [0.5, 0.6) is 5.75 Å². The fraction of sp³-hybridized carbons (Fsp3) is 0.304. The largest absolute Gasteiger partial charge is 0.475 e. The average Bonchev–Trinajstić information content (AvgIpc) is 3.54. The van der Waals surface area contributed by atoms with Gasteiger partial charge in [-0.1, -0.05) is 18.2 Å². The highest BCUT2D eigenvalue weighted by Crippen LogP contribution is 2.37. The van der Waals surface area contributed by atoms with Crippen LogP contribution in [0.25, 0.3) is 0 Å². The molecule has 0 radical (unpaired) electrons. The Morgan fingerprint density at radius 1 is 1.12 bits per heavy atom. The summed E-state index contributed by atoms with van der Waals surface area (Å²) in [6, 6.07) is 10.6. The summed E-state index contributed by atoms with van der Waals surface area (Å²) in [5.74, 6) is 0.0122. The van der Waals surface area contributed by atoms with Crippen molar-refractivity contribution in [3.05, 3.63) is 63.3 Å². The number of carbonyl (C=O) groups excluding carboxylic acids is 3. The Morgan fingerprint density at radius 3 is 2.67 bits per heavy atom. The van der Waals surface area contributed by atoms with Crippen LogP contribution in [0.1, 0.15) is 38.2 Å². The minimum Gasteiger partial charge on any atom is -0.475 e.